The molecule has 0 spiro atoms. The van der Waals surface area contributed by atoms with E-state index in [1.54, 1.807) is 11.1 Å². The van der Waals surface area contributed by atoms with Crippen LogP contribution in [0.15, 0.2) is 12.1 Å². The summed E-state index contributed by atoms with van der Waals surface area (Å²) in [5.41, 5.74) is 6.13. The monoisotopic (exact) mass is 187 g/mol. The van der Waals surface area contributed by atoms with Crippen LogP contribution in [0.25, 0.3) is 0 Å². The smallest absolute Gasteiger partial charge is 0.0376 e. The van der Waals surface area contributed by atoms with Crippen LogP contribution in [0, 0.1) is 0 Å². The van der Waals surface area contributed by atoms with E-state index in [0.29, 0.717) is 0 Å². The molecule has 14 heavy (non-hydrogen) atoms. The molecule has 1 aromatic rings. The van der Waals surface area contributed by atoms with Gasteiger partial charge in [-0.1, -0.05) is 19.9 Å². The number of fused-ring (bicyclic) bond motifs is 2. The predicted molar refractivity (Wildman–Crippen MR) is 60.1 cm³/mol. The average Bonchev–Trinajstić information content (AvgIpc) is 2.70. The third-order valence-electron chi connectivity index (χ3n) is 3.79. The third kappa shape index (κ3) is 1.01. The number of nitrogens with one attached hydrogen (secondary N) is 1. The Bertz CT molecular complexity index is 346. The van der Waals surface area contributed by atoms with Gasteiger partial charge >= 0.3 is 0 Å². The number of benzene rings is 1. The second kappa shape index (κ2) is 2.75. The Balaban J connectivity index is 2.17. The van der Waals surface area contributed by atoms with Crippen LogP contribution >= 0.6 is 0 Å². The summed E-state index contributed by atoms with van der Waals surface area (Å²) in [5, 5.41) is 3.47. The molecule has 1 aliphatic carbocycles. The SMILES string of the molecule is C[C@@H]1C[C@H](C)c2cc3c(cc21)NCC3. The molecule has 0 fully saturated rings. The predicted octanol–water partition coefficient (Wildman–Crippen LogP) is 3.27. The summed E-state index contributed by atoms with van der Waals surface area (Å²) in [6.07, 6.45) is 2.54. The fraction of sp³-hybridized carbons (Fsp3) is 0.538. The third-order valence-corrected chi connectivity index (χ3v) is 3.79. The van der Waals surface area contributed by atoms with Gasteiger partial charge in [-0.3, -0.25) is 0 Å². The molecule has 0 unspecified atom stereocenters. The Morgan fingerprint density at radius 3 is 2.64 bits per heavy atom. The van der Waals surface area contributed by atoms with Gasteiger partial charge in [0, 0.05) is 12.2 Å². The standard InChI is InChI=1S/C13H17N/c1-8-5-9(2)12-7-13-10(3-4-14-13)6-11(8)12/h6-9,14H,3-5H2,1-2H3/t8-,9+/m0/s1. The van der Waals surface area contributed by atoms with Crippen molar-refractivity contribution in [1.82, 2.24) is 0 Å². The molecule has 1 heteroatoms. The first kappa shape index (κ1) is 8.34. The van der Waals surface area contributed by atoms with Crippen LogP contribution in [0.3, 0.4) is 0 Å². The van der Waals surface area contributed by atoms with Gasteiger partial charge in [-0.15, -0.1) is 0 Å². The van der Waals surface area contributed by atoms with Crippen molar-refractivity contribution in [3.05, 3.63) is 28.8 Å². The molecule has 2 atom stereocenters. The zero-order valence-corrected chi connectivity index (χ0v) is 8.93. The van der Waals surface area contributed by atoms with Crippen molar-refractivity contribution in [2.75, 3.05) is 11.9 Å². The van der Waals surface area contributed by atoms with Crippen molar-refractivity contribution in [1.29, 1.82) is 0 Å². The topological polar surface area (TPSA) is 12.0 Å². The van der Waals surface area contributed by atoms with E-state index in [-0.39, 0.29) is 0 Å². The Labute approximate surface area is 85.5 Å². The normalized spacial score (nSPS) is 28.4. The fourth-order valence-electron chi connectivity index (χ4n) is 3.02. The summed E-state index contributed by atoms with van der Waals surface area (Å²) in [6, 6.07) is 4.84. The minimum Gasteiger partial charge on any atom is -0.384 e. The fourth-order valence-corrected chi connectivity index (χ4v) is 3.02. The van der Waals surface area contributed by atoms with Crippen molar-refractivity contribution in [3.63, 3.8) is 0 Å². The molecule has 2 aliphatic rings. The van der Waals surface area contributed by atoms with Crippen LogP contribution < -0.4 is 5.32 Å². The van der Waals surface area contributed by atoms with Crippen molar-refractivity contribution in [2.24, 2.45) is 0 Å². The Morgan fingerprint density at radius 1 is 1.14 bits per heavy atom. The largest absolute Gasteiger partial charge is 0.384 e. The number of anilines is 1. The molecular formula is C13H17N. The second-order valence-corrected chi connectivity index (χ2v) is 4.85. The van der Waals surface area contributed by atoms with Crippen LogP contribution in [0.2, 0.25) is 0 Å². The molecule has 1 nitrogen and oxygen atoms in total. The van der Waals surface area contributed by atoms with Gasteiger partial charge in [-0.05, 0) is 47.4 Å². The lowest BCUT2D eigenvalue weighted by atomic mass is 9.98. The molecule has 0 saturated heterocycles. The summed E-state index contributed by atoms with van der Waals surface area (Å²) in [6.45, 7) is 5.84. The minimum atomic E-state index is 0.757. The van der Waals surface area contributed by atoms with Crippen molar-refractivity contribution >= 4 is 5.69 Å². The van der Waals surface area contributed by atoms with Crippen molar-refractivity contribution in [3.8, 4) is 0 Å². The first-order chi connectivity index (χ1) is 6.75. The summed E-state index contributed by atoms with van der Waals surface area (Å²) in [5.74, 6) is 1.53. The number of hydrogen-bond donors (Lipinski definition) is 1. The molecule has 0 bridgehead atoms. The van der Waals surface area contributed by atoms with E-state index in [2.05, 4.69) is 31.3 Å². The van der Waals surface area contributed by atoms with Crippen LogP contribution in [0.5, 0.6) is 0 Å². The molecule has 1 aliphatic heterocycles. The highest BCUT2D eigenvalue weighted by Gasteiger charge is 2.27. The van der Waals surface area contributed by atoms with Crippen LogP contribution in [-0.4, -0.2) is 6.54 Å². The molecule has 74 valence electrons. The lowest BCUT2D eigenvalue weighted by molar-refractivity contribution is 0.661. The molecule has 0 saturated carbocycles. The van der Waals surface area contributed by atoms with E-state index in [0.717, 1.165) is 18.4 Å². The molecule has 1 N–H and O–H groups in total. The van der Waals surface area contributed by atoms with Gasteiger partial charge in [-0.2, -0.15) is 0 Å². The highest BCUT2D eigenvalue weighted by atomic mass is 14.9. The lowest BCUT2D eigenvalue weighted by Gasteiger charge is -2.08. The maximum absolute atomic E-state index is 3.47. The molecule has 1 aromatic carbocycles. The van der Waals surface area contributed by atoms with E-state index >= 15 is 0 Å². The Kier molecular flexibility index (Phi) is 1.64. The number of rotatable bonds is 0. The van der Waals surface area contributed by atoms with Gasteiger partial charge in [0.05, 0.1) is 0 Å². The van der Waals surface area contributed by atoms with Crippen LogP contribution in [-0.2, 0) is 6.42 Å². The first-order valence-corrected chi connectivity index (χ1v) is 5.66. The van der Waals surface area contributed by atoms with Gasteiger partial charge in [0.25, 0.3) is 0 Å². The van der Waals surface area contributed by atoms with Crippen LogP contribution in [0.4, 0.5) is 5.69 Å². The molecule has 3 rings (SSSR count). The van der Waals surface area contributed by atoms with E-state index < -0.39 is 0 Å². The summed E-state index contributed by atoms with van der Waals surface area (Å²) >= 11 is 0. The molecule has 0 amide bonds. The quantitative estimate of drug-likeness (QED) is 0.657. The average molecular weight is 187 g/mol. The zero-order chi connectivity index (χ0) is 9.71. The lowest BCUT2D eigenvalue weighted by Crippen LogP contribution is -1.92. The van der Waals surface area contributed by atoms with Crippen LogP contribution in [0.1, 0.15) is 48.8 Å². The first-order valence-electron chi connectivity index (χ1n) is 5.66. The zero-order valence-electron chi connectivity index (χ0n) is 8.93. The van der Waals surface area contributed by atoms with Gasteiger partial charge in [0.1, 0.15) is 0 Å². The minimum absolute atomic E-state index is 0.757. The highest BCUT2D eigenvalue weighted by Crippen LogP contribution is 2.44. The maximum Gasteiger partial charge on any atom is 0.0376 e. The molecule has 1 heterocycles. The highest BCUT2D eigenvalue weighted by molar-refractivity contribution is 5.61. The second-order valence-electron chi connectivity index (χ2n) is 4.85. The van der Waals surface area contributed by atoms with Crippen molar-refractivity contribution < 1.29 is 0 Å². The van der Waals surface area contributed by atoms with E-state index in [9.17, 15) is 0 Å². The van der Waals surface area contributed by atoms with Crippen molar-refractivity contribution in [2.45, 2.75) is 38.5 Å². The van der Waals surface area contributed by atoms with E-state index in [4.69, 9.17) is 0 Å². The van der Waals surface area contributed by atoms with Gasteiger partial charge in [-0.25, -0.2) is 0 Å². The summed E-state index contributed by atoms with van der Waals surface area (Å²) in [7, 11) is 0. The molecular weight excluding hydrogens is 170 g/mol. The maximum atomic E-state index is 3.47. The van der Waals surface area contributed by atoms with Gasteiger partial charge in [0.15, 0.2) is 0 Å². The molecule has 0 radical (unpaired) electrons. The summed E-state index contributed by atoms with van der Waals surface area (Å²) < 4.78 is 0. The van der Waals surface area contributed by atoms with Gasteiger partial charge in [0.2, 0.25) is 0 Å². The van der Waals surface area contributed by atoms with E-state index in [1.807, 2.05) is 0 Å². The summed E-state index contributed by atoms with van der Waals surface area (Å²) in [4.78, 5) is 0. The molecule has 0 aromatic heterocycles. The van der Waals surface area contributed by atoms with Gasteiger partial charge < -0.3 is 5.32 Å². The number of hydrogen-bond acceptors (Lipinski definition) is 1. The Morgan fingerprint density at radius 2 is 1.86 bits per heavy atom. The van der Waals surface area contributed by atoms with E-state index in [1.165, 1.54) is 24.1 Å². The Hall–Kier alpha value is -0.980.